The molecule has 4 aromatic rings. The van der Waals surface area contributed by atoms with Crippen LogP contribution in [0.1, 0.15) is 25.8 Å². The van der Waals surface area contributed by atoms with Crippen LogP contribution in [0.2, 0.25) is 5.02 Å². The van der Waals surface area contributed by atoms with E-state index in [4.69, 9.17) is 22.3 Å². The van der Waals surface area contributed by atoms with Gasteiger partial charge in [0, 0.05) is 30.3 Å². The fraction of sp³-hybridized carbons (Fsp3) is 0.231. The first-order valence-corrected chi connectivity index (χ1v) is 12.7. The Morgan fingerprint density at radius 1 is 1.03 bits per heavy atom. The van der Waals surface area contributed by atoms with Gasteiger partial charge in [-0.05, 0) is 30.3 Å². The van der Waals surface area contributed by atoms with Crippen LogP contribution >= 0.6 is 22.9 Å². The molecule has 2 aromatic carbocycles. The van der Waals surface area contributed by atoms with E-state index in [9.17, 15) is 9.18 Å². The smallest absolute Gasteiger partial charge is 0.329 e. The number of hydrogen-bond acceptors (Lipinski definition) is 6. The summed E-state index contributed by atoms with van der Waals surface area (Å²) in [4.78, 5) is 29.7. The lowest BCUT2D eigenvalue weighted by Gasteiger charge is -2.21. The zero-order valence-electron chi connectivity index (χ0n) is 20.3. The van der Waals surface area contributed by atoms with E-state index in [2.05, 4.69) is 9.97 Å². The van der Waals surface area contributed by atoms with Gasteiger partial charge in [-0.3, -0.25) is 9.80 Å². The minimum atomic E-state index is -0.560. The summed E-state index contributed by atoms with van der Waals surface area (Å²) in [5, 5.41) is 0.909. The lowest BCUT2D eigenvalue weighted by molar-refractivity contribution is 0.255. The number of benzene rings is 2. The minimum Gasteiger partial charge on any atom is -0.368 e. The molecule has 2 aromatic heterocycles. The summed E-state index contributed by atoms with van der Waals surface area (Å²) in [5.74, 6) is -0.975. The largest absolute Gasteiger partial charge is 0.368 e. The van der Waals surface area contributed by atoms with E-state index < -0.39 is 17.7 Å². The maximum atomic E-state index is 16.2. The third kappa shape index (κ3) is 4.62. The van der Waals surface area contributed by atoms with Crippen LogP contribution in [0.4, 0.5) is 30.9 Å². The topological polar surface area (TPSA) is 88.2 Å². The van der Waals surface area contributed by atoms with Crippen LogP contribution in [0.25, 0.3) is 21.8 Å². The van der Waals surface area contributed by atoms with Crippen LogP contribution in [-0.2, 0) is 5.41 Å². The molecule has 2 amide bonds. The van der Waals surface area contributed by atoms with Crippen LogP contribution in [0, 0.1) is 11.6 Å². The second-order valence-corrected chi connectivity index (χ2v) is 11.0. The highest BCUT2D eigenvalue weighted by Crippen LogP contribution is 2.43. The normalized spacial score (nSPS) is 14.1. The number of rotatable bonds is 4. The monoisotopic (exact) mass is 540 g/mol. The minimum absolute atomic E-state index is 0.0881. The zero-order chi connectivity index (χ0) is 26.5. The molecule has 1 saturated heterocycles. The van der Waals surface area contributed by atoms with Crippen molar-refractivity contribution < 1.29 is 13.6 Å². The summed E-state index contributed by atoms with van der Waals surface area (Å²) in [7, 11) is 0. The van der Waals surface area contributed by atoms with Crippen LogP contribution in [0.15, 0.2) is 48.7 Å². The first-order valence-electron chi connectivity index (χ1n) is 11.5. The van der Waals surface area contributed by atoms with Gasteiger partial charge in [0.05, 0.1) is 32.0 Å². The van der Waals surface area contributed by atoms with Gasteiger partial charge in [0.25, 0.3) is 0 Å². The number of nitrogens with two attached hydrogens (primary N) is 1. The van der Waals surface area contributed by atoms with E-state index >= 15 is 4.39 Å². The van der Waals surface area contributed by atoms with Crippen molar-refractivity contribution in [1.29, 1.82) is 0 Å². The Bertz CT molecular complexity index is 1520. The molecule has 0 aliphatic carbocycles. The summed E-state index contributed by atoms with van der Waals surface area (Å²) >= 11 is 7.55. The molecule has 1 aliphatic heterocycles. The number of hydrogen-bond donors (Lipinski definition) is 1. The van der Waals surface area contributed by atoms with Crippen molar-refractivity contribution in [2.24, 2.45) is 0 Å². The van der Waals surface area contributed by atoms with E-state index in [1.165, 1.54) is 39.5 Å². The maximum absolute atomic E-state index is 16.2. The fourth-order valence-corrected chi connectivity index (χ4v) is 5.51. The number of halogens is 3. The molecule has 0 unspecified atom stereocenters. The number of urea groups is 1. The van der Waals surface area contributed by atoms with Crippen molar-refractivity contribution >= 4 is 46.3 Å². The van der Waals surface area contributed by atoms with Gasteiger partial charge in [-0.15, -0.1) is 11.3 Å². The molecule has 190 valence electrons. The molecule has 1 aliphatic rings. The third-order valence-corrected chi connectivity index (χ3v) is 7.73. The van der Waals surface area contributed by atoms with E-state index in [0.717, 1.165) is 11.1 Å². The molecular formula is C26H23ClF2N6OS. The lowest BCUT2D eigenvalue weighted by Crippen LogP contribution is -2.32. The van der Waals surface area contributed by atoms with Crippen LogP contribution in [0.3, 0.4) is 0 Å². The molecule has 3 heterocycles. The molecule has 11 heteroatoms. The third-order valence-electron chi connectivity index (χ3n) is 5.91. The van der Waals surface area contributed by atoms with Crippen LogP contribution in [-0.4, -0.2) is 34.1 Å². The lowest BCUT2D eigenvalue weighted by atomic mass is 9.98. The van der Waals surface area contributed by atoms with E-state index in [1.54, 1.807) is 24.3 Å². The highest BCUT2D eigenvalue weighted by Gasteiger charge is 2.34. The van der Waals surface area contributed by atoms with Crippen molar-refractivity contribution in [3.63, 3.8) is 0 Å². The molecule has 0 spiro atoms. The number of anilines is 3. The molecule has 0 bridgehead atoms. The van der Waals surface area contributed by atoms with Crippen molar-refractivity contribution in [2.45, 2.75) is 26.2 Å². The average Bonchev–Trinajstić information content (AvgIpc) is 3.44. The number of thiazole rings is 1. The molecule has 5 rings (SSSR count). The molecule has 0 radical (unpaired) electrons. The standard InChI is InChI=1S/C26H23ClF2N6OS/c1-26(2,3)23-33-21(17-9-10-31-24(30)32-17)22(37-23)15-5-4-6-19(20(15)29)35-12-11-34(25(35)36)18-8-7-14(28)13-16(18)27/h4-10,13H,11-12H2,1-3H3,(H2,30,31,32). The Morgan fingerprint density at radius 3 is 2.43 bits per heavy atom. The number of nitrogen functional groups attached to an aromatic ring is 1. The highest BCUT2D eigenvalue weighted by molar-refractivity contribution is 7.15. The van der Waals surface area contributed by atoms with Crippen molar-refractivity contribution in [3.8, 4) is 21.8 Å². The quantitative estimate of drug-likeness (QED) is 0.318. The van der Waals surface area contributed by atoms with Gasteiger partial charge in [-0.2, -0.15) is 0 Å². The molecule has 2 N–H and O–H groups in total. The number of carbonyl (C=O) groups excluding carboxylic acids is 1. The predicted molar refractivity (Wildman–Crippen MR) is 143 cm³/mol. The summed E-state index contributed by atoms with van der Waals surface area (Å²) in [6, 6.07) is 9.95. The Morgan fingerprint density at radius 2 is 1.76 bits per heavy atom. The highest BCUT2D eigenvalue weighted by atomic mass is 35.5. The summed E-state index contributed by atoms with van der Waals surface area (Å²) in [6.07, 6.45) is 1.53. The van der Waals surface area contributed by atoms with Gasteiger partial charge in [0.2, 0.25) is 5.95 Å². The molecule has 7 nitrogen and oxygen atoms in total. The predicted octanol–water partition coefficient (Wildman–Crippen LogP) is 6.53. The number of amides is 2. The Hall–Kier alpha value is -3.63. The molecular weight excluding hydrogens is 518 g/mol. The van der Waals surface area contributed by atoms with Crippen molar-refractivity contribution in [1.82, 2.24) is 15.0 Å². The molecule has 0 saturated carbocycles. The summed E-state index contributed by atoms with van der Waals surface area (Å²) in [6.45, 7) is 6.59. The Labute approximate surface area is 221 Å². The second-order valence-electron chi connectivity index (χ2n) is 9.57. The van der Waals surface area contributed by atoms with E-state index in [0.29, 0.717) is 27.5 Å². The SMILES string of the molecule is CC(C)(C)c1nc(-c2ccnc(N)n2)c(-c2cccc(N3CCN(c4ccc(F)cc4Cl)C3=O)c2F)s1. The van der Waals surface area contributed by atoms with Gasteiger partial charge < -0.3 is 5.73 Å². The van der Waals surface area contributed by atoms with Gasteiger partial charge in [-0.1, -0.05) is 44.5 Å². The van der Waals surface area contributed by atoms with Gasteiger partial charge in [0.1, 0.15) is 11.5 Å². The molecule has 37 heavy (non-hydrogen) atoms. The zero-order valence-corrected chi connectivity index (χ0v) is 21.9. The van der Waals surface area contributed by atoms with Crippen molar-refractivity contribution in [3.05, 3.63) is 70.3 Å². The summed E-state index contributed by atoms with van der Waals surface area (Å²) < 4.78 is 29.7. The van der Waals surface area contributed by atoms with Gasteiger partial charge in [-0.25, -0.2) is 28.5 Å². The van der Waals surface area contributed by atoms with Crippen molar-refractivity contribution in [2.75, 3.05) is 28.6 Å². The number of nitrogens with zero attached hydrogens (tertiary/aromatic N) is 5. The van der Waals surface area contributed by atoms with E-state index in [1.807, 2.05) is 20.8 Å². The Balaban J connectivity index is 1.57. The number of aromatic nitrogens is 3. The van der Waals surface area contributed by atoms with Gasteiger partial charge in [0.15, 0.2) is 5.82 Å². The summed E-state index contributed by atoms with van der Waals surface area (Å²) in [5.41, 5.74) is 7.29. The average molecular weight is 541 g/mol. The molecule has 0 atom stereocenters. The van der Waals surface area contributed by atoms with Crippen LogP contribution in [0.5, 0.6) is 0 Å². The second kappa shape index (κ2) is 9.35. The van der Waals surface area contributed by atoms with Crippen LogP contribution < -0.4 is 15.5 Å². The van der Waals surface area contributed by atoms with E-state index in [-0.39, 0.29) is 35.2 Å². The first kappa shape index (κ1) is 25.0. The maximum Gasteiger partial charge on any atom is 0.329 e. The Kier molecular flexibility index (Phi) is 6.33. The van der Waals surface area contributed by atoms with Gasteiger partial charge >= 0.3 is 6.03 Å². The number of carbonyl (C=O) groups is 1. The first-order chi connectivity index (χ1) is 17.5. The fourth-order valence-electron chi connectivity index (χ4n) is 4.09. The molecule has 1 fully saturated rings.